The van der Waals surface area contributed by atoms with E-state index in [-0.39, 0.29) is 17.3 Å². The lowest BCUT2D eigenvalue weighted by Gasteiger charge is -2.36. The number of anilines is 1. The van der Waals surface area contributed by atoms with Crippen LogP contribution in [0.25, 0.3) is 16.6 Å². The summed E-state index contributed by atoms with van der Waals surface area (Å²) in [6.07, 6.45) is 2.31. The predicted molar refractivity (Wildman–Crippen MR) is 136 cm³/mol. The third-order valence-corrected chi connectivity index (χ3v) is 6.57. The minimum Gasteiger partial charge on any atom is -0.367 e. The Balaban J connectivity index is 1.15. The van der Waals surface area contributed by atoms with Crippen molar-refractivity contribution >= 4 is 39.7 Å². The van der Waals surface area contributed by atoms with Gasteiger partial charge < -0.3 is 10.2 Å². The first-order valence-corrected chi connectivity index (χ1v) is 12.0. The molecule has 1 saturated heterocycles. The number of nitrogens with zero attached hydrogens (tertiary/aromatic N) is 4. The third-order valence-electron chi connectivity index (χ3n) is 6.33. The number of pyridine rings is 1. The van der Waals surface area contributed by atoms with Gasteiger partial charge in [0.1, 0.15) is 11.5 Å². The molecule has 35 heavy (non-hydrogen) atoms. The van der Waals surface area contributed by atoms with Crippen LogP contribution in [0.2, 0.25) is 5.02 Å². The molecular formula is C26H25ClFN5O2. The van der Waals surface area contributed by atoms with Crippen molar-refractivity contribution in [3.05, 3.63) is 87.6 Å². The molecule has 0 atom stereocenters. The van der Waals surface area contributed by atoms with Gasteiger partial charge in [-0.05, 0) is 55.4 Å². The summed E-state index contributed by atoms with van der Waals surface area (Å²) in [6, 6.07) is 15.2. The van der Waals surface area contributed by atoms with Crippen LogP contribution in [0, 0.1) is 5.82 Å². The maximum absolute atomic E-state index is 14.0. The number of carbonyl (C=O) groups is 1. The van der Waals surface area contributed by atoms with Crippen molar-refractivity contribution in [2.75, 3.05) is 44.2 Å². The number of aromatic nitrogens is 2. The van der Waals surface area contributed by atoms with Crippen LogP contribution in [0.1, 0.15) is 16.8 Å². The average Bonchev–Trinajstić information content (AvgIpc) is 2.88. The van der Waals surface area contributed by atoms with Crippen LogP contribution in [0.3, 0.4) is 0 Å². The minimum absolute atomic E-state index is 0.188. The number of carbonyl (C=O) groups excluding carboxylic acids is 1. The van der Waals surface area contributed by atoms with E-state index in [4.69, 9.17) is 11.6 Å². The monoisotopic (exact) mass is 493 g/mol. The molecule has 1 aliphatic rings. The number of hydrogen-bond acceptors (Lipinski definition) is 5. The van der Waals surface area contributed by atoms with Gasteiger partial charge in [-0.1, -0.05) is 23.7 Å². The Hall–Kier alpha value is -3.49. The summed E-state index contributed by atoms with van der Waals surface area (Å²) >= 11 is 6.03. The summed E-state index contributed by atoms with van der Waals surface area (Å²) in [5.41, 5.74) is 1.81. The second-order valence-electron chi connectivity index (χ2n) is 8.61. The van der Waals surface area contributed by atoms with Gasteiger partial charge >= 0.3 is 0 Å². The van der Waals surface area contributed by atoms with Gasteiger partial charge in [-0.2, -0.15) is 0 Å². The van der Waals surface area contributed by atoms with Crippen molar-refractivity contribution in [3.8, 4) is 0 Å². The molecule has 0 bridgehead atoms. The minimum atomic E-state index is -0.267. The first kappa shape index (κ1) is 23.3. The Morgan fingerprint density at radius 1 is 1.06 bits per heavy atom. The zero-order valence-electron chi connectivity index (χ0n) is 19.1. The number of hydrogen-bond donors (Lipinski definition) is 1. The van der Waals surface area contributed by atoms with Crippen LogP contribution in [0.4, 0.5) is 10.1 Å². The van der Waals surface area contributed by atoms with Crippen LogP contribution in [-0.4, -0.2) is 59.5 Å². The molecule has 1 N–H and O–H groups in total. The molecule has 1 fully saturated rings. The van der Waals surface area contributed by atoms with E-state index < -0.39 is 0 Å². The van der Waals surface area contributed by atoms with Crippen molar-refractivity contribution in [2.24, 2.45) is 0 Å². The van der Waals surface area contributed by atoms with E-state index in [2.05, 4.69) is 20.1 Å². The van der Waals surface area contributed by atoms with Gasteiger partial charge in [-0.25, -0.2) is 9.37 Å². The zero-order chi connectivity index (χ0) is 24.4. The van der Waals surface area contributed by atoms with Gasteiger partial charge in [-0.15, -0.1) is 0 Å². The first-order valence-electron chi connectivity index (χ1n) is 11.6. The number of para-hydroxylation sites is 1. The predicted octanol–water partition coefficient (Wildman–Crippen LogP) is 3.58. The quantitative estimate of drug-likeness (QED) is 0.328. The largest absolute Gasteiger partial charge is 0.367 e. The number of amides is 1. The standard InChI is InChI=1S/C26H25ClFN5O2/c27-19-7-8-22-20(16-19)26(35)33-17-18(6-9-24(33)30-22)25(34)29-10-3-11-31-12-14-32(15-13-31)23-5-2-1-4-21(23)28/h1-2,4-9,16-17H,3,10-15H2,(H,29,34). The molecule has 180 valence electrons. The summed E-state index contributed by atoms with van der Waals surface area (Å²) in [4.78, 5) is 34.4. The number of piperazine rings is 1. The van der Waals surface area contributed by atoms with E-state index >= 15 is 0 Å². The van der Waals surface area contributed by atoms with Crippen LogP contribution in [-0.2, 0) is 0 Å². The topological polar surface area (TPSA) is 70.0 Å². The Morgan fingerprint density at radius 2 is 1.86 bits per heavy atom. The molecular weight excluding hydrogens is 469 g/mol. The van der Waals surface area contributed by atoms with Gasteiger partial charge in [0.05, 0.1) is 22.2 Å². The molecule has 0 spiro atoms. The summed E-state index contributed by atoms with van der Waals surface area (Å²) in [5.74, 6) is -0.429. The molecule has 1 aliphatic heterocycles. The Labute approximate surface area is 206 Å². The Bertz CT molecular complexity index is 1450. The molecule has 5 rings (SSSR count). The summed E-state index contributed by atoms with van der Waals surface area (Å²) < 4.78 is 15.4. The zero-order valence-corrected chi connectivity index (χ0v) is 19.8. The van der Waals surface area contributed by atoms with E-state index in [1.165, 1.54) is 16.7 Å². The smallest absolute Gasteiger partial charge is 0.265 e. The number of rotatable bonds is 6. The fraction of sp³-hybridized carbons (Fsp3) is 0.269. The van der Waals surface area contributed by atoms with Gasteiger partial charge in [0.15, 0.2) is 0 Å². The van der Waals surface area contributed by atoms with E-state index in [1.807, 2.05) is 12.1 Å². The van der Waals surface area contributed by atoms with Crippen molar-refractivity contribution in [1.82, 2.24) is 19.6 Å². The number of nitrogens with one attached hydrogen (secondary N) is 1. The SMILES string of the molecule is O=C(NCCCN1CCN(c2ccccc2F)CC1)c1ccc2nc3ccc(Cl)cc3c(=O)n2c1. The Kier molecular flexibility index (Phi) is 6.66. The number of benzene rings is 2. The van der Waals surface area contributed by atoms with Gasteiger partial charge in [0.25, 0.3) is 11.5 Å². The first-order chi connectivity index (χ1) is 17.0. The molecule has 0 unspecified atom stereocenters. The number of halogens is 2. The molecule has 2 aromatic heterocycles. The van der Waals surface area contributed by atoms with E-state index in [9.17, 15) is 14.0 Å². The Morgan fingerprint density at radius 3 is 2.66 bits per heavy atom. The summed E-state index contributed by atoms with van der Waals surface area (Å²) in [6.45, 7) is 4.60. The summed E-state index contributed by atoms with van der Waals surface area (Å²) in [5, 5.41) is 3.79. The second-order valence-corrected chi connectivity index (χ2v) is 9.05. The average molecular weight is 494 g/mol. The van der Waals surface area contributed by atoms with Crippen molar-refractivity contribution in [3.63, 3.8) is 0 Å². The highest BCUT2D eigenvalue weighted by molar-refractivity contribution is 6.31. The third kappa shape index (κ3) is 4.99. The lowest BCUT2D eigenvalue weighted by Crippen LogP contribution is -2.47. The maximum Gasteiger partial charge on any atom is 0.265 e. The van der Waals surface area contributed by atoms with E-state index in [0.717, 1.165) is 39.1 Å². The van der Waals surface area contributed by atoms with Gasteiger partial charge in [0, 0.05) is 43.9 Å². The molecule has 0 radical (unpaired) electrons. The van der Waals surface area contributed by atoms with E-state index in [1.54, 1.807) is 36.4 Å². The van der Waals surface area contributed by atoms with Crippen molar-refractivity contribution in [2.45, 2.75) is 6.42 Å². The second kappa shape index (κ2) is 10.0. The lowest BCUT2D eigenvalue weighted by molar-refractivity contribution is 0.0951. The highest BCUT2D eigenvalue weighted by Gasteiger charge is 2.19. The molecule has 4 aromatic rings. The van der Waals surface area contributed by atoms with Gasteiger partial charge in [-0.3, -0.25) is 18.9 Å². The van der Waals surface area contributed by atoms with Crippen LogP contribution >= 0.6 is 11.6 Å². The molecule has 2 aromatic carbocycles. The van der Waals surface area contributed by atoms with Crippen LogP contribution in [0.5, 0.6) is 0 Å². The maximum atomic E-state index is 14.0. The van der Waals surface area contributed by atoms with Crippen molar-refractivity contribution in [1.29, 1.82) is 0 Å². The number of fused-ring (bicyclic) bond motifs is 2. The van der Waals surface area contributed by atoms with Crippen LogP contribution < -0.4 is 15.8 Å². The molecule has 7 nitrogen and oxygen atoms in total. The molecule has 0 aliphatic carbocycles. The fourth-order valence-electron chi connectivity index (χ4n) is 4.44. The highest BCUT2D eigenvalue weighted by Crippen LogP contribution is 2.20. The van der Waals surface area contributed by atoms with Crippen molar-refractivity contribution < 1.29 is 9.18 Å². The molecule has 3 heterocycles. The summed E-state index contributed by atoms with van der Waals surface area (Å²) in [7, 11) is 0. The molecule has 1 amide bonds. The van der Waals surface area contributed by atoms with Gasteiger partial charge in [0.2, 0.25) is 0 Å². The highest BCUT2D eigenvalue weighted by atomic mass is 35.5. The molecule has 9 heteroatoms. The normalized spacial score (nSPS) is 14.5. The lowest BCUT2D eigenvalue weighted by atomic mass is 10.2. The fourth-order valence-corrected chi connectivity index (χ4v) is 4.61. The van der Waals surface area contributed by atoms with E-state index in [0.29, 0.717) is 39.4 Å². The molecule has 0 saturated carbocycles. The van der Waals surface area contributed by atoms with Crippen LogP contribution in [0.15, 0.2) is 65.6 Å².